The van der Waals surface area contributed by atoms with Gasteiger partial charge in [0.15, 0.2) is 0 Å². The topological polar surface area (TPSA) is 29.3 Å². The number of hydrogen-bond donors (Lipinski definition) is 1. The molecule has 1 fully saturated rings. The molecular formula is C15H23FN2. The van der Waals surface area contributed by atoms with Crippen LogP contribution in [0.4, 0.5) is 4.39 Å². The minimum Gasteiger partial charge on any atom is -0.326 e. The molecule has 2 rings (SSSR count). The molecule has 0 saturated carbocycles. The molecule has 18 heavy (non-hydrogen) atoms. The molecule has 0 aliphatic carbocycles. The molecule has 1 unspecified atom stereocenters. The highest BCUT2D eigenvalue weighted by atomic mass is 19.1. The number of likely N-dealkylation sites (tertiary alicyclic amines) is 1. The Morgan fingerprint density at radius 1 is 1.33 bits per heavy atom. The lowest BCUT2D eigenvalue weighted by molar-refractivity contribution is 0.136. The van der Waals surface area contributed by atoms with E-state index in [0.29, 0.717) is 12.6 Å². The van der Waals surface area contributed by atoms with Crippen molar-refractivity contribution in [3.63, 3.8) is 0 Å². The van der Waals surface area contributed by atoms with Gasteiger partial charge in [-0.1, -0.05) is 19.4 Å². The smallest absolute Gasteiger partial charge is 0.123 e. The Kier molecular flexibility index (Phi) is 4.72. The summed E-state index contributed by atoms with van der Waals surface area (Å²) in [6, 6.07) is 5.67. The van der Waals surface area contributed by atoms with Gasteiger partial charge in [0.05, 0.1) is 0 Å². The van der Waals surface area contributed by atoms with Gasteiger partial charge in [-0.3, -0.25) is 4.90 Å². The second kappa shape index (κ2) is 6.30. The Balaban J connectivity index is 2.12. The highest BCUT2D eigenvalue weighted by Crippen LogP contribution is 2.23. The molecule has 0 bridgehead atoms. The number of piperidine rings is 1. The second-order valence-electron chi connectivity index (χ2n) is 5.15. The van der Waals surface area contributed by atoms with E-state index in [1.165, 1.54) is 31.2 Å². The van der Waals surface area contributed by atoms with Gasteiger partial charge in [-0.25, -0.2) is 4.39 Å². The van der Waals surface area contributed by atoms with E-state index in [1.54, 1.807) is 12.1 Å². The molecule has 3 heteroatoms. The van der Waals surface area contributed by atoms with Crippen molar-refractivity contribution in [3.05, 3.63) is 35.1 Å². The number of benzene rings is 1. The van der Waals surface area contributed by atoms with E-state index in [4.69, 9.17) is 5.73 Å². The van der Waals surface area contributed by atoms with Crippen LogP contribution in [0.5, 0.6) is 0 Å². The Labute approximate surface area is 109 Å². The van der Waals surface area contributed by atoms with Crippen molar-refractivity contribution < 1.29 is 4.39 Å². The van der Waals surface area contributed by atoms with Crippen LogP contribution in [0.25, 0.3) is 0 Å². The average Bonchev–Trinajstić information content (AvgIpc) is 2.41. The number of halogens is 1. The summed E-state index contributed by atoms with van der Waals surface area (Å²) in [6.45, 7) is 4.72. The van der Waals surface area contributed by atoms with E-state index in [2.05, 4.69) is 11.8 Å². The lowest BCUT2D eigenvalue weighted by atomic mass is 9.98. The second-order valence-corrected chi connectivity index (χ2v) is 5.15. The van der Waals surface area contributed by atoms with Gasteiger partial charge in [-0.2, -0.15) is 0 Å². The van der Waals surface area contributed by atoms with Crippen molar-refractivity contribution >= 4 is 0 Å². The van der Waals surface area contributed by atoms with Gasteiger partial charge in [-0.15, -0.1) is 0 Å². The number of nitrogens with two attached hydrogens (primary N) is 1. The summed E-state index contributed by atoms with van der Waals surface area (Å²) in [6.07, 6.45) is 5.09. The zero-order chi connectivity index (χ0) is 13.0. The molecule has 1 aliphatic heterocycles. The van der Waals surface area contributed by atoms with E-state index in [9.17, 15) is 4.39 Å². The highest BCUT2D eigenvalue weighted by molar-refractivity contribution is 5.27. The van der Waals surface area contributed by atoms with Crippen molar-refractivity contribution in [2.24, 2.45) is 5.73 Å². The number of hydrogen-bond acceptors (Lipinski definition) is 2. The Hall–Kier alpha value is -0.930. The van der Waals surface area contributed by atoms with Crippen molar-refractivity contribution in [3.8, 4) is 0 Å². The van der Waals surface area contributed by atoms with Gasteiger partial charge in [0.2, 0.25) is 0 Å². The summed E-state index contributed by atoms with van der Waals surface area (Å²) in [5, 5.41) is 0. The molecule has 0 aromatic heterocycles. The van der Waals surface area contributed by atoms with Crippen LogP contribution < -0.4 is 5.73 Å². The minimum atomic E-state index is -0.190. The summed E-state index contributed by atoms with van der Waals surface area (Å²) >= 11 is 0. The average molecular weight is 250 g/mol. The first-order valence-electron chi connectivity index (χ1n) is 6.96. The van der Waals surface area contributed by atoms with Crippen LogP contribution in [0.1, 0.15) is 43.7 Å². The van der Waals surface area contributed by atoms with E-state index in [1.807, 2.05) is 6.07 Å². The first-order valence-corrected chi connectivity index (χ1v) is 6.96. The van der Waals surface area contributed by atoms with Crippen LogP contribution in [-0.4, -0.2) is 17.5 Å². The van der Waals surface area contributed by atoms with Crippen LogP contribution in [0.15, 0.2) is 18.2 Å². The van der Waals surface area contributed by atoms with E-state index < -0.39 is 0 Å². The molecule has 0 amide bonds. The van der Waals surface area contributed by atoms with Gasteiger partial charge in [0, 0.05) is 19.1 Å². The molecule has 1 aromatic carbocycles. The standard InChI is InChI=1S/C15H23FN2/c1-2-15-5-3-4-8-18(15)11-12-6-7-14(16)9-13(12)10-17/h6-7,9,15H,2-5,8,10-11,17H2,1H3. The first kappa shape index (κ1) is 13.5. The van der Waals surface area contributed by atoms with E-state index in [0.717, 1.165) is 18.7 Å². The normalized spacial score (nSPS) is 21.2. The molecule has 100 valence electrons. The molecule has 0 spiro atoms. The third-order valence-corrected chi connectivity index (χ3v) is 3.98. The molecule has 1 aliphatic rings. The van der Waals surface area contributed by atoms with Crippen LogP contribution in [-0.2, 0) is 13.1 Å². The minimum absolute atomic E-state index is 0.190. The van der Waals surface area contributed by atoms with E-state index in [-0.39, 0.29) is 5.82 Å². The fraction of sp³-hybridized carbons (Fsp3) is 0.600. The first-order chi connectivity index (χ1) is 8.74. The van der Waals surface area contributed by atoms with Crippen molar-refractivity contribution in [1.82, 2.24) is 4.90 Å². The van der Waals surface area contributed by atoms with Gasteiger partial charge in [0.25, 0.3) is 0 Å². The fourth-order valence-corrected chi connectivity index (χ4v) is 2.89. The summed E-state index contributed by atoms with van der Waals surface area (Å²) in [7, 11) is 0. The molecule has 1 saturated heterocycles. The maximum absolute atomic E-state index is 13.2. The van der Waals surface area contributed by atoms with Crippen LogP contribution in [0.3, 0.4) is 0 Å². The molecule has 0 radical (unpaired) electrons. The largest absolute Gasteiger partial charge is 0.326 e. The van der Waals surface area contributed by atoms with E-state index >= 15 is 0 Å². The SMILES string of the molecule is CCC1CCCCN1Cc1ccc(F)cc1CN. The Morgan fingerprint density at radius 2 is 2.17 bits per heavy atom. The predicted octanol–water partition coefficient (Wildman–Crippen LogP) is 3.05. The van der Waals surface area contributed by atoms with Gasteiger partial charge in [-0.05, 0) is 49.1 Å². The monoisotopic (exact) mass is 250 g/mol. The van der Waals surface area contributed by atoms with Crippen molar-refractivity contribution in [1.29, 1.82) is 0 Å². The number of nitrogens with zero attached hydrogens (tertiary/aromatic N) is 1. The lowest BCUT2D eigenvalue weighted by Gasteiger charge is -2.35. The lowest BCUT2D eigenvalue weighted by Crippen LogP contribution is -2.38. The van der Waals surface area contributed by atoms with Crippen molar-refractivity contribution in [2.75, 3.05) is 6.54 Å². The third-order valence-electron chi connectivity index (χ3n) is 3.98. The predicted molar refractivity (Wildman–Crippen MR) is 72.6 cm³/mol. The molecule has 2 nitrogen and oxygen atoms in total. The Bertz CT molecular complexity index is 392. The van der Waals surface area contributed by atoms with Crippen LogP contribution in [0.2, 0.25) is 0 Å². The summed E-state index contributed by atoms with van der Waals surface area (Å²) in [5.41, 5.74) is 7.83. The molecular weight excluding hydrogens is 227 g/mol. The maximum Gasteiger partial charge on any atom is 0.123 e. The Morgan fingerprint density at radius 3 is 2.89 bits per heavy atom. The zero-order valence-corrected chi connectivity index (χ0v) is 11.2. The number of rotatable bonds is 4. The molecule has 1 atom stereocenters. The van der Waals surface area contributed by atoms with Gasteiger partial charge < -0.3 is 5.73 Å². The third kappa shape index (κ3) is 3.09. The molecule has 1 heterocycles. The highest BCUT2D eigenvalue weighted by Gasteiger charge is 2.21. The van der Waals surface area contributed by atoms with Crippen molar-refractivity contribution in [2.45, 2.75) is 51.7 Å². The molecule has 1 aromatic rings. The zero-order valence-electron chi connectivity index (χ0n) is 11.2. The van der Waals surface area contributed by atoms with Gasteiger partial charge in [0.1, 0.15) is 5.82 Å². The quantitative estimate of drug-likeness (QED) is 0.890. The maximum atomic E-state index is 13.2. The summed E-state index contributed by atoms with van der Waals surface area (Å²) in [4.78, 5) is 2.52. The fourth-order valence-electron chi connectivity index (χ4n) is 2.89. The van der Waals surface area contributed by atoms with Crippen LogP contribution in [0, 0.1) is 5.82 Å². The van der Waals surface area contributed by atoms with Crippen LogP contribution >= 0.6 is 0 Å². The van der Waals surface area contributed by atoms with Gasteiger partial charge >= 0.3 is 0 Å². The summed E-state index contributed by atoms with van der Waals surface area (Å²) in [5.74, 6) is -0.190. The molecule has 2 N–H and O–H groups in total. The summed E-state index contributed by atoms with van der Waals surface area (Å²) < 4.78 is 13.2.